The highest BCUT2D eigenvalue weighted by Gasteiger charge is 2.21. The third-order valence-corrected chi connectivity index (χ3v) is 4.90. The van der Waals surface area contributed by atoms with E-state index in [1.807, 2.05) is 43.3 Å². The summed E-state index contributed by atoms with van der Waals surface area (Å²) in [6.45, 7) is 0. The molecule has 0 saturated heterocycles. The molecule has 27 heavy (non-hydrogen) atoms. The Balaban J connectivity index is 2.23. The predicted octanol–water partition coefficient (Wildman–Crippen LogP) is 3.58. The monoisotopic (exact) mass is 386 g/mol. The lowest BCUT2D eigenvalue weighted by Gasteiger charge is -2.23. The smallest absolute Gasteiger partial charge is 0.339 e. The molecule has 3 aromatic carbocycles. The molecule has 0 radical (unpaired) electrons. The normalized spacial score (nSPS) is 12.0. The lowest BCUT2D eigenvalue weighted by molar-refractivity contribution is 0.0694. The van der Waals surface area contributed by atoms with Gasteiger partial charge in [0.1, 0.15) is 11.3 Å². The van der Waals surface area contributed by atoms with Gasteiger partial charge in [0.05, 0.1) is 11.4 Å². The molecule has 0 spiro atoms. The molecule has 0 aromatic heterocycles. The first-order chi connectivity index (χ1) is 12.8. The van der Waals surface area contributed by atoms with Gasteiger partial charge in [-0.05, 0) is 24.3 Å². The van der Waals surface area contributed by atoms with Crippen LogP contribution in [0.15, 0.2) is 54.6 Å². The summed E-state index contributed by atoms with van der Waals surface area (Å²) in [5.74, 6) is -1.76. The second-order valence-electron chi connectivity index (χ2n) is 6.08. The molecule has 0 aliphatic heterocycles. The number of phenols is 1. The zero-order chi connectivity index (χ0) is 19.7. The largest absolute Gasteiger partial charge is 0.507 e. The Morgan fingerprint density at radius 2 is 1.56 bits per heavy atom. The number of anilines is 3. The maximum atomic E-state index is 12.1. The Bertz CT molecular complexity index is 1050. The van der Waals surface area contributed by atoms with E-state index >= 15 is 0 Å². The fraction of sp³-hybridized carbons (Fsp3) is 0.105. The highest BCUT2D eigenvalue weighted by Crippen LogP contribution is 2.38. The van der Waals surface area contributed by atoms with E-state index in [4.69, 9.17) is 5.11 Å². The topological polar surface area (TPSA) is 101 Å². The standard InChI is InChI=1S/C19H18N2O5S/c1-20(2)16-7-3-6-14-13(16)5-4-8-17(14)21(27(25)26)12-9-10-15(19(23)24)18(22)11-12/h3-11,22H,1-2H3,(H,23,24)(H,25,26). The average molecular weight is 386 g/mol. The number of fused-ring (bicyclic) bond motifs is 1. The van der Waals surface area contributed by atoms with Crippen LogP contribution in [0.25, 0.3) is 10.8 Å². The maximum absolute atomic E-state index is 12.1. The van der Waals surface area contributed by atoms with E-state index in [2.05, 4.69) is 0 Å². The van der Waals surface area contributed by atoms with Gasteiger partial charge in [-0.15, -0.1) is 0 Å². The number of carboxylic acids is 1. The van der Waals surface area contributed by atoms with Crippen molar-refractivity contribution >= 4 is 45.1 Å². The van der Waals surface area contributed by atoms with E-state index in [0.717, 1.165) is 26.8 Å². The molecule has 0 amide bonds. The number of carbonyl (C=O) groups is 1. The van der Waals surface area contributed by atoms with Crippen molar-refractivity contribution in [3.63, 3.8) is 0 Å². The first-order valence-corrected chi connectivity index (χ1v) is 9.04. The number of benzene rings is 3. The van der Waals surface area contributed by atoms with Crippen molar-refractivity contribution in [3.05, 3.63) is 60.2 Å². The van der Waals surface area contributed by atoms with Gasteiger partial charge < -0.3 is 15.1 Å². The lowest BCUT2D eigenvalue weighted by atomic mass is 10.1. The number of rotatable bonds is 5. The van der Waals surface area contributed by atoms with E-state index in [9.17, 15) is 18.7 Å². The molecule has 140 valence electrons. The van der Waals surface area contributed by atoms with Crippen molar-refractivity contribution in [2.45, 2.75) is 0 Å². The molecule has 0 aliphatic carbocycles. The molecule has 7 nitrogen and oxygen atoms in total. The predicted molar refractivity (Wildman–Crippen MR) is 106 cm³/mol. The highest BCUT2D eigenvalue weighted by atomic mass is 32.2. The third kappa shape index (κ3) is 3.44. The summed E-state index contributed by atoms with van der Waals surface area (Å²) < 4.78 is 23.2. The van der Waals surface area contributed by atoms with Gasteiger partial charge in [-0.25, -0.2) is 13.3 Å². The van der Waals surface area contributed by atoms with E-state index in [-0.39, 0.29) is 11.3 Å². The number of aromatic carboxylic acids is 1. The molecule has 1 unspecified atom stereocenters. The molecule has 0 saturated carbocycles. The van der Waals surface area contributed by atoms with Crippen molar-refractivity contribution in [1.29, 1.82) is 0 Å². The Kier molecular flexibility index (Phi) is 5.02. The minimum atomic E-state index is -2.44. The van der Waals surface area contributed by atoms with Crippen molar-refractivity contribution in [3.8, 4) is 5.75 Å². The Hall–Kier alpha value is -3.10. The van der Waals surface area contributed by atoms with Gasteiger partial charge in [0, 0.05) is 36.6 Å². The van der Waals surface area contributed by atoms with Gasteiger partial charge in [-0.3, -0.25) is 4.55 Å². The average Bonchev–Trinajstić information content (AvgIpc) is 2.61. The van der Waals surface area contributed by atoms with Crippen LogP contribution < -0.4 is 9.21 Å². The van der Waals surface area contributed by atoms with Crippen LogP contribution >= 0.6 is 0 Å². The summed E-state index contributed by atoms with van der Waals surface area (Å²) in [6, 6.07) is 14.8. The summed E-state index contributed by atoms with van der Waals surface area (Å²) >= 11 is -2.44. The van der Waals surface area contributed by atoms with Gasteiger partial charge in [-0.1, -0.05) is 24.3 Å². The van der Waals surface area contributed by atoms with Crippen LogP contribution in [0.2, 0.25) is 0 Å². The molecule has 3 rings (SSSR count). The second kappa shape index (κ2) is 7.26. The van der Waals surface area contributed by atoms with Crippen LogP contribution in [-0.2, 0) is 11.3 Å². The van der Waals surface area contributed by atoms with Crippen molar-refractivity contribution in [1.82, 2.24) is 0 Å². The minimum absolute atomic E-state index is 0.195. The number of aromatic hydroxyl groups is 1. The SMILES string of the molecule is CN(C)c1cccc2c(N(c3ccc(C(=O)O)c(O)c3)S(=O)O)cccc12. The molecule has 1 atom stereocenters. The van der Waals surface area contributed by atoms with Crippen LogP contribution in [0.5, 0.6) is 5.75 Å². The molecular formula is C19H18N2O5S. The fourth-order valence-electron chi connectivity index (χ4n) is 2.98. The van der Waals surface area contributed by atoms with Crippen molar-refractivity contribution < 1.29 is 23.8 Å². The van der Waals surface area contributed by atoms with Gasteiger partial charge in [0.2, 0.25) is 0 Å². The van der Waals surface area contributed by atoms with Crippen molar-refractivity contribution in [2.24, 2.45) is 0 Å². The molecule has 3 N–H and O–H groups in total. The highest BCUT2D eigenvalue weighted by molar-refractivity contribution is 7.81. The number of hydrogen-bond donors (Lipinski definition) is 3. The molecule has 0 heterocycles. The Morgan fingerprint density at radius 1 is 0.963 bits per heavy atom. The summed E-state index contributed by atoms with van der Waals surface area (Å²) in [4.78, 5) is 13.0. The van der Waals surface area contributed by atoms with Crippen LogP contribution in [0.4, 0.5) is 17.1 Å². The number of hydrogen-bond acceptors (Lipinski definition) is 4. The van der Waals surface area contributed by atoms with E-state index in [1.165, 1.54) is 12.1 Å². The molecule has 0 aliphatic rings. The van der Waals surface area contributed by atoms with E-state index < -0.39 is 23.0 Å². The van der Waals surface area contributed by atoms with Gasteiger partial charge >= 0.3 is 5.97 Å². The van der Waals surface area contributed by atoms with Crippen LogP contribution in [0, 0.1) is 0 Å². The summed E-state index contributed by atoms with van der Waals surface area (Å²) in [6.07, 6.45) is 0. The third-order valence-electron chi connectivity index (χ3n) is 4.18. The van der Waals surface area contributed by atoms with Crippen LogP contribution in [-0.4, -0.2) is 39.0 Å². The Labute approximate surface area is 158 Å². The zero-order valence-corrected chi connectivity index (χ0v) is 15.5. The quantitative estimate of drug-likeness (QED) is 0.580. The zero-order valence-electron chi connectivity index (χ0n) is 14.7. The summed E-state index contributed by atoms with van der Waals surface area (Å²) in [5.41, 5.74) is 1.32. The summed E-state index contributed by atoms with van der Waals surface area (Å²) in [5, 5.41) is 20.7. The molecule has 8 heteroatoms. The first-order valence-electron chi connectivity index (χ1n) is 7.97. The maximum Gasteiger partial charge on any atom is 0.339 e. The Morgan fingerprint density at radius 3 is 2.07 bits per heavy atom. The van der Waals surface area contributed by atoms with Crippen molar-refractivity contribution in [2.75, 3.05) is 23.3 Å². The van der Waals surface area contributed by atoms with Gasteiger partial charge in [-0.2, -0.15) is 0 Å². The lowest BCUT2D eigenvalue weighted by Crippen LogP contribution is -2.20. The molecule has 0 fully saturated rings. The van der Waals surface area contributed by atoms with Gasteiger partial charge in [0.15, 0.2) is 0 Å². The number of nitrogens with zero attached hydrogens (tertiary/aromatic N) is 2. The van der Waals surface area contributed by atoms with E-state index in [0.29, 0.717) is 5.69 Å². The van der Waals surface area contributed by atoms with Crippen LogP contribution in [0.1, 0.15) is 10.4 Å². The fourth-order valence-corrected chi connectivity index (χ4v) is 3.61. The van der Waals surface area contributed by atoms with Gasteiger partial charge in [0.25, 0.3) is 11.3 Å². The molecule has 3 aromatic rings. The first kappa shape index (κ1) is 18.7. The minimum Gasteiger partial charge on any atom is -0.507 e. The second-order valence-corrected chi connectivity index (χ2v) is 6.90. The number of carboxylic acid groups (broad SMARTS) is 1. The summed E-state index contributed by atoms with van der Waals surface area (Å²) in [7, 11) is 3.82. The van der Waals surface area contributed by atoms with E-state index in [1.54, 1.807) is 12.1 Å². The molecular weight excluding hydrogens is 368 g/mol. The molecule has 0 bridgehead atoms. The van der Waals surface area contributed by atoms with Crippen LogP contribution in [0.3, 0.4) is 0 Å².